The van der Waals surface area contributed by atoms with Gasteiger partial charge in [0.25, 0.3) is 10.0 Å². The van der Waals surface area contributed by atoms with E-state index in [4.69, 9.17) is 4.52 Å². The van der Waals surface area contributed by atoms with Gasteiger partial charge in [-0.2, -0.15) is 4.98 Å². The smallest absolute Gasteiger partial charge is 0.262 e. The molecule has 6 nitrogen and oxygen atoms in total. The van der Waals surface area contributed by atoms with Crippen LogP contribution < -0.4 is 4.72 Å². The Morgan fingerprint density at radius 2 is 1.93 bits per heavy atom. The van der Waals surface area contributed by atoms with Crippen LogP contribution >= 0.6 is 0 Å². The van der Waals surface area contributed by atoms with E-state index < -0.39 is 10.0 Å². The van der Waals surface area contributed by atoms with Gasteiger partial charge in [0, 0.05) is 5.92 Å². The van der Waals surface area contributed by atoms with Crippen molar-refractivity contribution in [2.24, 2.45) is 0 Å². The second-order valence-corrected chi connectivity index (χ2v) is 8.68. The van der Waals surface area contributed by atoms with Crippen LogP contribution in [0.15, 0.2) is 51.9 Å². The minimum atomic E-state index is -3.69. The zero-order chi connectivity index (χ0) is 19.0. The van der Waals surface area contributed by atoms with Crippen molar-refractivity contribution >= 4 is 15.7 Å². The minimum absolute atomic E-state index is 0.275. The van der Waals surface area contributed by atoms with Gasteiger partial charge in [-0.15, -0.1) is 0 Å². The lowest BCUT2D eigenvalue weighted by atomic mass is 10.1. The van der Waals surface area contributed by atoms with Crippen molar-refractivity contribution in [1.82, 2.24) is 10.1 Å². The Kier molecular flexibility index (Phi) is 4.47. The molecule has 1 fully saturated rings. The molecule has 0 saturated heterocycles. The maximum Gasteiger partial charge on any atom is 0.262 e. The first-order valence-corrected chi connectivity index (χ1v) is 10.4. The monoisotopic (exact) mass is 383 g/mol. The molecule has 1 heterocycles. The van der Waals surface area contributed by atoms with Crippen LogP contribution in [0.25, 0.3) is 0 Å². The fourth-order valence-corrected chi connectivity index (χ4v) is 4.41. The molecule has 2 aromatic carbocycles. The van der Waals surface area contributed by atoms with Gasteiger partial charge in [-0.25, -0.2) is 8.42 Å². The highest BCUT2D eigenvalue weighted by Crippen LogP contribution is 2.38. The number of nitrogens with one attached hydrogen (secondary N) is 1. The number of hydrogen-bond donors (Lipinski definition) is 1. The highest BCUT2D eigenvalue weighted by Gasteiger charge is 2.29. The maximum atomic E-state index is 12.9. The van der Waals surface area contributed by atoms with Crippen molar-refractivity contribution in [3.05, 3.63) is 70.9 Å². The van der Waals surface area contributed by atoms with E-state index in [9.17, 15) is 8.42 Å². The first kappa shape index (κ1) is 17.7. The summed E-state index contributed by atoms with van der Waals surface area (Å²) in [5.74, 6) is 1.66. The molecule has 4 rings (SSSR count). The second kappa shape index (κ2) is 6.81. The van der Waals surface area contributed by atoms with E-state index in [1.54, 1.807) is 31.2 Å². The van der Waals surface area contributed by atoms with Crippen LogP contribution in [-0.4, -0.2) is 18.6 Å². The summed E-state index contributed by atoms with van der Waals surface area (Å²) in [4.78, 5) is 4.71. The SMILES string of the molecule is Cc1ccc(S(=O)(=O)Nc2ccccc2Cc2nc(C3CC3)no2)c(C)c1. The lowest BCUT2D eigenvalue weighted by Gasteiger charge is -2.13. The Labute approximate surface area is 158 Å². The zero-order valence-corrected chi connectivity index (χ0v) is 16.1. The van der Waals surface area contributed by atoms with E-state index in [-0.39, 0.29) is 4.90 Å². The van der Waals surface area contributed by atoms with Crippen LogP contribution in [0.4, 0.5) is 5.69 Å². The highest BCUT2D eigenvalue weighted by molar-refractivity contribution is 7.92. The number of aromatic nitrogens is 2. The fourth-order valence-electron chi connectivity index (χ4n) is 3.08. The van der Waals surface area contributed by atoms with Crippen molar-refractivity contribution in [2.45, 2.75) is 43.9 Å². The lowest BCUT2D eigenvalue weighted by molar-refractivity contribution is 0.379. The number of hydrogen-bond acceptors (Lipinski definition) is 5. The van der Waals surface area contributed by atoms with Crippen molar-refractivity contribution in [1.29, 1.82) is 0 Å². The van der Waals surface area contributed by atoms with Gasteiger partial charge >= 0.3 is 0 Å². The summed E-state index contributed by atoms with van der Waals surface area (Å²) < 4.78 is 33.8. The summed E-state index contributed by atoms with van der Waals surface area (Å²) in [5.41, 5.74) is 3.04. The molecule has 1 saturated carbocycles. The molecule has 1 aliphatic carbocycles. The molecular weight excluding hydrogens is 362 g/mol. The molecule has 0 bridgehead atoms. The molecule has 0 aliphatic heterocycles. The number of aryl methyl sites for hydroxylation is 2. The normalized spacial score (nSPS) is 14.3. The average Bonchev–Trinajstić information content (AvgIpc) is 3.36. The van der Waals surface area contributed by atoms with Crippen LogP contribution in [-0.2, 0) is 16.4 Å². The van der Waals surface area contributed by atoms with Gasteiger partial charge in [-0.05, 0) is 49.9 Å². The number of anilines is 1. The summed E-state index contributed by atoms with van der Waals surface area (Å²) in [5, 5.41) is 4.02. The largest absolute Gasteiger partial charge is 0.339 e. The third-order valence-electron chi connectivity index (χ3n) is 4.65. The summed E-state index contributed by atoms with van der Waals surface area (Å²) in [6.45, 7) is 3.73. The van der Waals surface area contributed by atoms with Gasteiger partial charge in [0.05, 0.1) is 17.0 Å². The third-order valence-corrected chi connectivity index (χ3v) is 6.18. The topological polar surface area (TPSA) is 85.1 Å². The molecule has 0 unspecified atom stereocenters. The predicted octanol–water partition coefficient (Wildman–Crippen LogP) is 3.96. The number of rotatable bonds is 6. The Balaban J connectivity index is 1.60. The fraction of sp³-hybridized carbons (Fsp3) is 0.300. The second-order valence-electron chi connectivity index (χ2n) is 7.03. The molecule has 3 aromatic rings. The number of benzene rings is 2. The molecule has 0 spiro atoms. The maximum absolute atomic E-state index is 12.9. The van der Waals surface area contributed by atoms with Gasteiger partial charge in [0.15, 0.2) is 5.82 Å². The van der Waals surface area contributed by atoms with E-state index >= 15 is 0 Å². The quantitative estimate of drug-likeness (QED) is 0.696. The van der Waals surface area contributed by atoms with Crippen molar-refractivity contribution in [3.63, 3.8) is 0 Å². The van der Waals surface area contributed by atoms with Crippen molar-refractivity contribution < 1.29 is 12.9 Å². The van der Waals surface area contributed by atoms with Gasteiger partial charge in [-0.1, -0.05) is 41.1 Å². The molecule has 140 valence electrons. The molecule has 0 atom stereocenters. The summed E-state index contributed by atoms with van der Waals surface area (Å²) in [6.07, 6.45) is 2.59. The van der Waals surface area contributed by atoms with Gasteiger partial charge in [-0.3, -0.25) is 4.72 Å². The molecule has 1 aliphatic rings. The Hall–Kier alpha value is -2.67. The molecule has 0 radical (unpaired) electrons. The molecule has 27 heavy (non-hydrogen) atoms. The minimum Gasteiger partial charge on any atom is -0.339 e. The van der Waals surface area contributed by atoms with Crippen LogP contribution in [0, 0.1) is 13.8 Å². The third kappa shape index (κ3) is 3.88. The van der Waals surface area contributed by atoms with Crippen LogP contribution in [0.3, 0.4) is 0 Å². The first-order valence-electron chi connectivity index (χ1n) is 8.93. The van der Waals surface area contributed by atoms with Gasteiger partial charge in [0.1, 0.15) is 0 Å². The Morgan fingerprint density at radius 3 is 2.67 bits per heavy atom. The van der Waals surface area contributed by atoms with E-state index in [0.717, 1.165) is 29.8 Å². The predicted molar refractivity (Wildman–Crippen MR) is 102 cm³/mol. The summed E-state index contributed by atoms with van der Waals surface area (Å²) in [7, 11) is -3.69. The van der Waals surface area contributed by atoms with Crippen LogP contribution in [0.1, 0.15) is 47.2 Å². The Morgan fingerprint density at radius 1 is 1.15 bits per heavy atom. The van der Waals surface area contributed by atoms with Crippen LogP contribution in [0.2, 0.25) is 0 Å². The summed E-state index contributed by atoms with van der Waals surface area (Å²) in [6, 6.07) is 12.6. The summed E-state index contributed by atoms with van der Waals surface area (Å²) >= 11 is 0. The lowest BCUT2D eigenvalue weighted by Crippen LogP contribution is -2.15. The number of sulfonamides is 1. The standard InChI is InChI=1S/C20H21N3O3S/c1-13-7-10-18(14(2)11-13)27(24,25)23-17-6-4-3-5-16(17)12-19-21-20(22-26-19)15-8-9-15/h3-7,10-11,15,23H,8-9,12H2,1-2H3. The average molecular weight is 383 g/mol. The molecule has 0 amide bonds. The zero-order valence-electron chi connectivity index (χ0n) is 15.3. The van der Waals surface area contributed by atoms with E-state index in [1.807, 2.05) is 25.1 Å². The molecule has 1 aromatic heterocycles. The van der Waals surface area contributed by atoms with E-state index in [1.165, 1.54) is 0 Å². The van der Waals surface area contributed by atoms with Crippen molar-refractivity contribution in [3.8, 4) is 0 Å². The van der Waals surface area contributed by atoms with E-state index in [0.29, 0.717) is 29.5 Å². The van der Waals surface area contributed by atoms with Gasteiger partial charge in [0.2, 0.25) is 5.89 Å². The number of nitrogens with zero attached hydrogens (tertiary/aromatic N) is 2. The molecule has 7 heteroatoms. The van der Waals surface area contributed by atoms with E-state index in [2.05, 4.69) is 14.9 Å². The first-order chi connectivity index (χ1) is 12.9. The molecular formula is C20H21N3O3S. The Bertz CT molecular complexity index is 1090. The number of para-hydroxylation sites is 1. The highest BCUT2D eigenvalue weighted by atomic mass is 32.2. The molecule has 1 N–H and O–H groups in total. The van der Waals surface area contributed by atoms with Gasteiger partial charge < -0.3 is 4.52 Å². The van der Waals surface area contributed by atoms with Crippen LogP contribution in [0.5, 0.6) is 0 Å². The van der Waals surface area contributed by atoms with Crippen molar-refractivity contribution in [2.75, 3.05) is 4.72 Å².